The van der Waals surface area contributed by atoms with Crippen molar-refractivity contribution in [2.24, 2.45) is 0 Å². The van der Waals surface area contributed by atoms with E-state index in [1.165, 1.54) is 17.0 Å². The smallest absolute Gasteiger partial charge is 0.264 e. The normalized spacial score (nSPS) is 14.6. The van der Waals surface area contributed by atoms with Gasteiger partial charge in [0.05, 0.1) is 17.7 Å². The molecule has 1 aliphatic rings. The van der Waals surface area contributed by atoms with Crippen LogP contribution in [0.3, 0.4) is 0 Å². The third kappa shape index (κ3) is 7.67. The van der Waals surface area contributed by atoms with E-state index in [4.69, 9.17) is 4.74 Å². The van der Waals surface area contributed by atoms with Crippen LogP contribution in [0.2, 0.25) is 0 Å². The van der Waals surface area contributed by atoms with Crippen LogP contribution in [-0.4, -0.2) is 50.9 Å². The fraction of sp³-hybridized carbons (Fsp3) is 0.375. The molecule has 0 saturated heterocycles. The van der Waals surface area contributed by atoms with Crippen LogP contribution in [-0.2, 0) is 26.2 Å². The highest BCUT2D eigenvalue weighted by Crippen LogP contribution is 2.25. The fourth-order valence-electron chi connectivity index (χ4n) is 5.27. The molecule has 0 radical (unpaired) electrons. The van der Waals surface area contributed by atoms with Crippen LogP contribution in [0.25, 0.3) is 0 Å². The van der Waals surface area contributed by atoms with Gasteiger partial charge in [-0.1, -0.05) is 74.7 Å². The largest absolute Gasteiger partial charge is 0.497 e. The number of para-hydroxylation sites is 1. The number of rotatable bonds is 12. The molecule has 0 unspecified atom stereocenters. The second-order valence-corrected chi connectivity index (χ2v) is 12.2. The maximum Gasteiger partial charge on any atom is 0.264 e. The van der Waals surface area contributed by atoms with Crippen LogP contribution in [0.4, 0.5) is 5.69 Å². The maximum absolute atomic E-state index is 14.2. The van der Waals surface area contributed by atoms with Crippen molar-refractivity contribution in [3.8, 4) is 5.75 Å². The van der Waals surface area contributed by atoms with Crippen LogP contribution in [0.1, 0.15) is 51.0 Å². The third-order valence-corrected chi connectivity index (χ3v) is 9.27. The van der Waals surface area contributed by atoms with Gasteiger partial charge in [-0.25, -0.2) is 8.42 Å². The highest BCUT2D eigenvalue weighted by Gasteiger charge is 2.34. The van der Waals surface area contributed by atoms with Gasteiger partial charge in [-0.05, 0) is 61.2 Å². The molecule has 3 aromatic carbocycles. The van der Waals surface area contributed by atoms with Crippen molar-refractivity contribution in [3.63, 3.8) is 0 Å². The van der Waals surface area contributed by atoms with Gasteiger partial charge in [0.1, 0.15) is 18.3 Å². The molecule has 0 aromatic heterocycles. The Morgan fingerprint density at radius 1 is 0.927 bits per heavy atom. The van der Waals surface area contributed by atoms with Gasteiger partial charge >= 0.3 is 0 Å². The summed E-state index contributed by atoms with van der Waals surface area (Å²) >= 11 is 0. The van der Waals surface area contributed by atoms with Crippen molar-refractivity contribution in [2.45, 2.75) is 69.0 Å². The lowest BCUT2D eigenvalue weighted by atomic mass is 9.95. The first-order valence-corrected chi connectivity index (χ1v) is 15.6. The monoisotopic (exact) mass is 577 g/mol. The first kappa shape index (κ1) is 30.1. The van der Waals surface area contributed by atoms with E-state index >= 15 is 0 Å². The number of anilines is 1. The quantitative estimate of drug-likeness (QED) is 0.321. The van der Waals surface area contributed by atoms with E-state index in [1.807, 2.05) is 31.2 Å². The number of carbonyl (C=O) groups is 2. The molecule has 1 saturated carbocycles. The molecule has 1 fully saturated rings. The number of amides is 2. The number of sulfonamides is 1. The van der Waals surface area contributed by atoms with Crippen LogP contribution < -0.4 is 14.4 Å². The first-order chi connectivity index (χ1) is 19.8. The second-order valence-electron chi connectivity index (χ2n) is 10.3. The van der Waals surface area contributed by atoms with Crippen molar-refractivity contribution in [1.82, 2.24) is 10.2 Å². The van der Waals surface area contributed by atoms with Crippen LogP contribution in [0.15, 0.2) is 89.8 Å². The van der Waals surface area contributed by atoms with Gasteiger partial charge < -0.3 is 15.0 Å². The molecule has 9 heteroatoms. The zero-order valence-electron chi connectivity index (χ0n) is 23.7. The molecule has 41 heavy (non-hydrogen) atoms. The maximum atomic E-state index is 14.2. The Bertz CT molecular complexity index is 1390. The number of hydrogen-bond acceptors (Lipinski definition) is 5. The Balaban J connectivity index is 1.68. The van der Waals surface area contributed by atoms with E-state index in [1.54, 1.807) is 55.6 Å². The van der Waals surface area contributed by atoms with Gasteiger partial charge in [0.2, 0.25) is 11.8 Å². The lowest BCUT2D eigenvalue weighted by Crippen LogP contribution is -2.54. The van der Waals surface area contributed by atoms with Crippen LogP contribution in [0, 0.1) is 0 Å². The molecule has 0 aliphatic heterocycles. The molecule has 3 aromatic rings. The van der Waals surface area contributed by atoms with Gasteiger partial charge in [0.15, 0.2) is 0 Å². The number of hydrogen-bond donors (Lipinski definition) is 1. The molecule has 1 aliphatic carbocycles. The first-order valence-electron chi connectivity index (χ1n) is 14.2. The van der Waals surface area contributed by atoms with Gasteiger partial charge in [0.25, 0.3) is 10.0 Å². The van der Waals surface area contributed by atoms with Crippen LogP contribution >= 0.6 is 0 Å². The Labute approximate surface area is 243 Å². The van der Waals surface area contributed by atoms with E-state index < -0.39 is 28.5 Å². The summed E-state index contributed by atoms with van der Waals surface area (Å²) < 4.78 is 34.2. The molecule has 0 heterocycles. The minimum absolute atomic E-state index is 0.0816. The van der Waals surface area contributed by atoms with E-state index in [-0.39, 0.29) is 23.4 Å². The van der Waals surface area contributed by atoms with E-state index in [9.17, 15) is 18.0 Å². The number of ether oxygens (including phenoxy) is 1. The van der Waals surface area contributed by atoms with Crippen molar-refractivity contribution in [1.29, 1.82) is 0 Å². The zero-order chi connectivity index (χ0) is 29.2. The van der Waals surface area contributed by atoms with Gasteiger partial charge in [-0.15, -0.1) is 0 Å². The van der Waals surface area contributed by atoms with Gasteiger partial charge in [-0.3, -0.25) is 13.9 Å². The number of methoxy groups -OCH3 is 1. The molecule has 0 bridgehead atoms. The molecule has 1 N–H and O–H groups in total. The van der Waals surface area contributed by atoms with Crippen molar-refractivity contribution < 1.29 is 22.7 Å². The second kappa shape index (κ2) is 14.2. The lowest BCUT2D eigenvalue weighted by molar-refractivity contribution is -0.140. The lowest BCUT2D eigenvalue weighted by Gasteiger charge is -2.34. The molecule has 218 valence electrons. The van der Waals surface area contributed by atoms with E-state index in [0.717, 1.165) is 42.0 Å². The Kier molecular flexibility index (Phi) is 10.4. The number of carbonyl (C=O) groups excluding carboxylic acids is 2. The summed E-state index contributed by atoms with van der Waals surface area (Å²) in [6, 6.07) is 23.3. The topological polar surface area (TPSA) is 96.0 Å². The zero-order valence-corrected chi connectivity index (χ0v) is 24.6. The summed E-state index contributed by atoms with van der Waals surface area (Å²) in [6.07, 6.45) is 5.52. The Hall–Kier alpha value is -3.85. The summed E-state index contributed by atoms with van der Waals surface area (Å²) in [4.78, 5) is 29.4. The molecular formula is C32H39N3O5S. The standard InChI is InChI=1S/C32H39N3O5S/c1-3-30(32(37)33-26-15-7-4-8-16-26)34(23-25-14-13-19-28(22-25)40-2)31(36)24-35(27-17-9-5-10-18-27)41(38,39)29-20-11-6-12-21-29/h5-6,9-14,17-22,26,30H,3-4,7-8,15-16,23-24H2,1-2H3,(H,33,37)/t30-/m1/s1. The average Bonchev–Trinajstić information content (AvgIpc) is 3.01. The summed E-state index contributed by atoms with van der Waals surface area (Å²) in [5, 5.41) is 3.17. The number of nitrogens with one attached hydrogen (secondary N) is 1. The van der Waals surface area contributed by atoms with Crippen molar-refractivity contribution in [3.05, 3.63) is 90.5 Å². The molecule has 2 amide bonds. The highest BCUT2D eigenvalue weighted by molar-refractivity contribution is 7.92. The van der Waals surface area contributed by atoms with E-state index in [0.29, 0.717) is 17.9 Å². The molecule has 8 nitrogen and oxygen atoms in total. The third-order valence-electron chi connectivity index (χ3n) is 7.48. The minimum Gasteiger partial charge on any atom is -0.497 e. The van der Waals surface area contributed by atoms with Gasteiger partial charge in [0, 0.05) is 12.6 Å². The molecule has 1 atom stereocenters. The predicted molar refractivity (Wildman–Crippen MR) is 160 cm³/mol. The summed E-state index contributed by atoms with van der Waals surface area (Å²) in [5.41, 5.74) is 1.14. The van der Waals surface area contributed by atoms with Gasteiger partial charge in [-0.2, -0.15) is 0 Å². The molecule has 0 spiro atoms. The van der Waals surface area contributed by atoms with Crippen molar-refractivity contribution >= 4 is 27.5 Å². The number of nitrogens with zero attached hydrogens (tertiary/aromatic N) is 2. The number of benzene rings is 3. The fourth-order valence-corrected chi connectivity index (χ4v) is 6.71. The Morgan fingerprint density at radius 2 is 1.59 bits per heavy atom. The summed E-state index contributed by atoms with van der Waals surface area (Å²) in [5.74, 6) is -0.0539. The Morgan fingerprint density at radius 3 is 2.22 bits per heavy atom. The minimum atomic E-state index is -4.08. The summed E-state index contributed by atoms with van der Waals surface area (Å²) in [6.45, 7) is 1.53. The predicted octanol–water partition coefficient (Wildman–Crippen LogP) is 5.15. The van der Waals surface area contributed by atoms with E-state index in [2.05, 4.69) is 5.32 Å². The highest BCUT2D eigenvalue weighted by atomic mass is 32.2. The van der Waals surface area contributed by atoms with Crippen LogP contribution in [0.5, 0.6) is 5.75 Å². The van der Waals surface area contributed by atoms with Crippen molar-refractivity contribution in [2.75, 3.05) is 18.0 Å². The SMILES string of the molecule is CC[C@H](C(=O)NC1CCCCC1)N(Cc1cccc(OC)c1)C(=O)CN(c1ccccc1)S(=O)(=O)c1ccccc1. The summed E-state index contributed by atoms with van der Waals surface area (Å²) in [7, 11) is -2.51. The molecule has 4 rings (SSSR count). The molecular weight excluding hydrogens is 538 g/mol. The average molecular weight is 578 g/mol.